The summed E-state index contributed by atoms with van der Waals surface area (Å²) in [6.45, 7) is 1.92. The van der Waals surface area contributed by atoms with Crippen molar-refractivity contribution in [2.45, 2.75) is 44.7 Å². The Morgan fingerprint density at radius 1 is 1.14 bits per heavy atom. The average molecular weight is 377 g/mol. The molecule has 0 spiro atoms. The van der Waals surface area contributed by atoms with Crippen LogP contribution < -0.4 is 10.6 Å². The van der Waals surface area contributed by atoms with Crippen molar-refractivity contribution in [3.05, 3.63) is 60.4 Å². The number of rotatable bonds is 6. The Kier molecular flexibility index (Phi) is 5.27. The Morgan fingerprint density at radius 3 is 2.57 bits per heavy atom. The standard InChI is InChI=1S/C20H23N7O/c1-14(18-26-23-13-27(18)17-9-5-6-10-17)24-19(28)15-11-21-20(22-12-15)25-16-7-3-2-4-8-16/h2-4,7-8,11-14,17H,5-6,9-10H2,1H3,(H,24,28)(H,21,22,25)/t14-/m0/s1. The van der Waals surface area contributed by atoms with E-state index >= 15 is 0 Å². The minimum absolute atomic E-state index is 0.236. The third kappa shape index (κ3) is 4.00. The van der Waals surface area contributed by atoms with Gasteiger partial charge in [-0.3, -0.25) is 4.79 Å². The molecular weight excluding hydrogens is 354 g/mol. The summed E-state index contributed by atoms with van der Waals surface area (Å²) >= 11 is 0. The van der Waals surface area contributed by atoms with Gasteiger partial charge in [0.05, 0.1) is 11.6 Å². The smallest absolute Gasteiger partial charge is 0.255 e. The van der Waals surface area contributed by atoms with E-state index in [-0.39, 0.29) is 11.9 Å². The summed E-state index contributed by atoms with van der Waals surface area (Å²) in [6, 6.07) is 9.81. The van der Waals surface area contributed by atoms with E-state index < -0.39 is 0 Å². The number of amides is 1. The monoisotopic (exact) mass is 377 g/mol. The van der Waals surface area contributed by atoms with Crippen LogP contribution in [-0.2, 0) is 0 Å². The molecule has 4 rings (SSSR count). The van der Waals surface area contributed by atoms with Crippen molar-refractivity contribution in [1.29, 1.82) is 0 Å². The molecule has 2 N–H and O–H groups in total. The van der Waals surface area contributed by atoms with Gasteiger partial charge in [-0.1, -0.05) is 31.0 Å². The van der Waals surface area contributed by atoms with Crippen molar-refractivity contribution in [2.24, 2.45) is 0 Å². The number of carbonyl (C=O) groups excluding carboxylic acids is 1. The van der Waals surface area contributed by atoms with Crippen molar-refractivity contribution in [1.82, 2.24) is 30.0 Å². The first kappa shape index (κ1) is 18.1. The first-order valence-electron chi connectivity index (χ1n) is 9.55. The Bertz CT molecular complexity index is 917. The molecule has 1 fully saturated rings. The van der Waals surface area contributed by atoms with E-state index in [1.165, 1.54) is 25.2 Å². The SMILES string of the molecule is C[C@H](NC(=O)c1cnc(Nc2ccccc2)nc1)c1nncn1C1CCCC1. The van der Waals surface area contributed by atoms with E-state index in [9.17, 15) is 4.79 Å². The lowest BCUT2D eigenvalue weighted by Crippen LogP contribution is -2.29. The van der Waals surface area contributed by atoms with Crippen molar-refractivity contribution in [3.8, 4) is 0 Å². The van der Waals surface area contributed by atoms with Gasteiger partial charge in [0, 0.05) is 24.1 Å². The summed E-state index contributed by atoms with van der Waals surface area (Å²) in [6.07, 6.45) is 9.52. The van der Waals surface area contributed by atoms with Gasteiger partial charge < -0.3 is 15.2 Å². The van der Waals surface area contributed by atoms with Crippen LogP contribution in [0.2, 0.25) is 0 Å². The molecule has 1 amide bonds. The number of hydrogen-bond donors (Lipinski definition) is 2. The molecule has 0 aliphatic heterocycles. The molecule has 2 heterocycles. The molecule has 3 aromatic rings. The number of anilines is 2. The zero-order valence-electron chi connectivity index (χ0n) is 15.7. The van der Waals surface area contributed by atoms with Crippen LogP contribution in [0.1, 0.15) is 60.9 Å². The van der Waals surface area contributed by atoms with Gasteiger partial charge in [0.15, 0.2) is 5.82 Å². The molecule has 0 unspecified atom stereocenters. The molecule has 144 valence electrons. The maximum atomic E-state index is 12.6. The molecule has 28 heavy (non-hydrogen) atoms. The Balaban J connectivity index is 1.40. The summed E-state index contributed by atoms with van der Waals surface area (Å²) in [5.74, 6) is 0.986. The van der Waals surface area contributed by atoms with Crippen LogP contribution in [0.5, 0.6) is 0 Å². The first-order chi connectivity index (χ1) is 13.7. The van der Waals surface area contributed by atoms with E-state index in [1.54, 1.807) is 6.33 Å². The summed E-state index contributed by atoms with van der Waals surface area (Å²) in [5.41, 5.74) is 1.29. The molecule has 8 heteroatoms. The van der Waals surface area contributed by atoms with Gasteiger partial charge in [-0.15, -0.1) is 10.2 Å². The molecule has 1 aliphatic rings. The highest BCUT2D eigenvalue weighted by atomic mass is 16.1. The molecule has 1 aliphatic carbocycles. The van der Waals surface area contributed by atoms with Crippen molar-refractivity contribution >= 4 is 17.5 Å². The quantitative estimate of drug-likeness (QED) is 0.683. The van der Waals surface area contributed by atoms with Gasteiger partial charge in [-0.2, -0.15) is 0 Å². The van der Waals surface area contributed by atoms with Gasteiger partial charge in [0.1, 0.15) is 6.33 Å². The molecular formula is C20H23N7O. The zero-order valence-corrected chi connectivity index (χ0v) is 15.7. The van der Waals surface area contributed by atoms with Crippen LogP contribution in [0.25, 0.3) is 0 Å². The molecule has 2 aromatic heterocycles. The maximum absolute atomic E-state index is 12.6. The lowest BCUT2D eigenvalue weighted by Gasteiger charge is -2.18. The number of para-hydroxylation sites is 1. The van der Waals surface area contributed by atoms with Crippen LogP contribution >= 0.6 is 0 Å². The number of nitrogens with zero attached hydrogens (tertiary/aromatic N) is 5. The summed E-state index contributed by atoms with van der Waals surface area (Å²) < 4.78 is 2.10. The van der Waals surface area contributed by atoms with Crippen LogP contribution in [0.15, 0.2) is 49.1 Å². The fourth-order valence-corrected chi connectivity index (χ4v) is 3.53. The molecule has 0 bridgehead atoms. The third-order valence-electron chi connectivity index (χ3n) is 5.00. The number of benzene rings is 1. The minimum atomic E-state index is -0.252. The topological polar surface area (TPSA) is 97.6 Å². The molecule has 1 saturated carbocycles. The van der Waals surface area contributed by atoms with E-state index in [4.69, 9.17) is 0 Å². The summed E-state index contributed by atoms with van der Waals surface area (Å²) in [4.78, 5) is 21.0. The van der Waals surface area contributed by atoms with Gasteiger partial charge in [0.2, 0.25) is 5.95 Å². The highest BCUT2D eigenvalue weighted by molar-refractivity contribution is 5.93. The molecule has 0 radical (unpaired) electrons. The zero-order chi connectivity index (χ0) is 19.3. The Hall–Kier alpha value is -3.29. The Morgan fingerprint density at radius 2 is 1.86 bits per heavy atom. The van der Waals surface area contributed by atoms with Gasteiger partial charge in [0.25, 0.3) is 5.91 Å². The fourth-order valence-electron chi connectivity index (χ4n) is 3.53. The lowest BCUT2D eigenvalue weighted by atomic mass is 10.2. The largest absolute Gasteiger partial charge is 0.342 e. The van der Waals surface area contributed by atoms with Crippen LogP contribution in [0, 0.1) is 0 Å². The highest BCUT2D eigenvalue weighted by Crippen LogP contribution is 2.31. The summed E-state index contributed by atoms with van der Waals surface area (Å²) in [5, 5.41) is 14.3. The molecule has 1 atom stereocenters. The number of carbonyl (C=O) groups is 1. The second-order valence-electron chi connectivity index (χ2n) is 7.02. The van der Waals surface area contributed by atoms with Crippen molar-refractivity contribution in [3.63, 3.8) is 0 Å². The van der Waals surface area contributed by atoms with E-state index in [0.29, 0.717) is 17.6 Å². The lowest BCUT2D eigenvalue weighted by molar-refractivity contribution is 0.0936. The average Bonchev–Trinajstić information content (AvgIpc) is 3.41. The van der Waals surface area contributed by atoms with Crippen LogP contribution in [0.3, 0.4) is 0 Å². The van der Waals surface area contributed by atoms with E-state index in [0.717, 1.165) is 24.4 Å². The van der Waals surface area contributed by atoms with E-state index in [2.05, 4.69) is 35.4 Å². The van der Waals surface area contributed by atoms with Gasteiger partial charge >= 0.3 is 0 Å². The Labute approximate surface area is 163 Å². The van der Waals surface area contributed by atoms with Crippen molar-refractivity contribution < 1.29 is 4.79 Å². The van der Waals surface area contributed by atoms with Crippen molar-refractivity contribution in [2.75, 3.05) is 5.32 Å². The van der Waals surface area contributed by atoms with E-state index in [1.807, 2.05) is 37.3 Å². The molecule has 0 saturated heterocycles. The van der Waals surface area contributed by atoms with Gasteiger partial charge in [-0.25, -0.2) is 9.97 Å². The fraction of sp³-hybridized carbons (Fsp3) is 0.350. The van der Waals surface area contributed by atoms with Crippen LogP contribution in [-0.4, -0.2) is 30.6 Å². The minimum Gasteiger partial charge on any atom is -0.342 e. The number of nitrogens with one attached hydrogen (secondary N) is 2. The summed E-state index contributed by atoms with van der Waals surface area (Å²) in [7, 11) is 0. The molecule has 1 aromatic carbocycles. The van der Waals surface area contributed by atoms with Gasteiger partial charge in [-0.05, 0) is 31.9 Å². The normalized spacial score (nSPS) is 15.3. The predicted octanol–water partition coefficient (Wildman–Crippen LogP) is 3.42. The number of aromatic nitrogens is 5. The first-order valence-corrected chi connectivity index (χ1v) is 9.55. The molecule has 8 nitrogen and oxygen atoms in total. The van der Waals surface area contributed by atoms with Crippen LogP contribution in [0.4, 0.5) is 11.6 Å². The second kappa shape index (κ2) is 8.16. The highest BCUT2D eigenvalue weighted by Gasteiger charge is 2.23. The predicted molar refractivity (Wildman–Crippen MR) is 105 cm³/mol. The second-order valence-corrected chi connectivity index (χ2v) is 7.02. The number of hydrogen-bond acceptors (Lipinski definition) is 6. The maximum Gasteiger partial charge on any atom is 0.255 e. The third-order valence-corrected chi connectivity index (χ3v) is 5.00.